The second kappa shape index (κ2) is 2.56. The van der Waals surface area contributed by atoms with E-state index in [0.717, 1.165) is 0 Å². The highest BCUT2D eigenvalue weighted by Crippen LogP contribution is 2.02. The van der Waals surface area contributed by atoms with E-state index in [2.05, 4.69) is 20.6 Å². The Kier molecular flexibility index (Phi) is 1.54. The first kappa shape index (κ1) is 7.23. The minimum atomic E-state index is -0.541. The number of hydrogen-bond donors (Lipinski definition) is 3. The highest BCUT2D eigenvalue weighted by atomic mass is 16.2. The number of nitrogens with two attached hydrogens (primary N) is 1. The van der Waals surface area contributed by atoms with Crippen molar-refractivity contribution in [2.75, 3.05) is 6.54 Å². The first-order valence-corrected chi connectivity index (χ1v) is 3.66. The van der Waals surface area contributed by atoms with Crippen molar-refractivity contribution in [1.29, 1.82) is 0 Å². The van der Waals surface area contributed by atoms with Crippen LogP contribution < -0.4 is 16.4 Å². The average molecular weight is 167 g/mol. The fraction of sp³-hybridized carbons (Fsp3) is 0.500. The fourth-order valence-electron chi connectivity index (χ4n) is 1.19. The molecule has 2 atom stereocenters. The van der Waals surface area contributed by atoms with Gasteiger partial charge in [0.25, 0.3) is 5.91 Å². The molecule has 0 saturated carbocycles. The summed E-state index contributed by atoms with van der Waals surface area (Å²) in [5.41, 5.74) is 5.46. The summed E-state index contributed by atoms with van der Waals surface area (Å²) in [4.78, 5) is 19.3. The van der Waals surface area contributed by atoms with Gasteiger partial charge in [-0.15, -0.1) is 0 Å². The Morgan fingerprint density at radius 3 is 3.25 bits per heavy atom. The lowest BCUT2D eigenvalue weighted by molar-refractivity contribution is -0.122. The third kappa shape index (κ3) is 1.06. The monoisotopic (exact) mass is 167 g/mol. The van der Waals surface area contributed by atoms with Crippen molar-refractivity contribution in [2.45, 2.75) is 12.3 Å². The summed E-state index contributed by atoms with van der Waals surface area (Å²) in [5.74, 6) is 0.365. The number of amides is 1. The zero-order chi connectivity index (χ0) is 8.55. The van der Waals surface area contributed by atoms with E-state index in [-0.39, 0.29) is 5.91 Å². The molecular formula is C6H9N5O. The van der Waals surface area contributed by atoms with Crippen molar-refractivity contribution >= 4 is 18.0 Å². The van der Waals surface area contributed by atoms with E-state index in [9.17, 15) is 4.79 Å². The van der Waals surface area contributed by atoms with Crippen LogP contribution in [-0.4, -0.2) is 36.8 Å². The number of nitrogens with zero attached hydrogens (tertiary/aromatic N) is 2. The SMILES string of the molecule is NC1NC(=O)C2N=CCN=C2N1. The van der Waals surface area contributed by atoms with Crippen molar-refractivity contribution in [3.8, 4) is 0 Å². The van der Waals surface area contributed by atoms with Crippen LogP contribution in [0.25, 0.3) is 0 Å². The van der Waals surface area contributed by atoms with E-state index >= 15 is 0 Å². The van der Waals surface area contributed by atoms with Gasteiger partial charge in [-0.1, -0.05) is 0 Å². The molecule has 12 heavy (non-hydrogen) atoms. The Morgan fingerprint density at radius 1 is 1.58 bits per heavy atom. The summed E-state index contributed by atoms with van der Waals surface area (Å²) in [5, 5.41) is 5.34. The lowest BCUT2D eigenvalue weighted by Gasteiger charge is -2.29. The molecule has 1 saturated heterocycles. The topological polar surface area (TPSA) is 91.9 Å². The molecule has 2 aliphatic rings. The van der Waals surface area contributed by atoms with Gasteiger partial charge >= 0.3 is 0 Å². The molecule has 2 aliphatic heterocycles. The molecule has 1 fully saturated rings. The molecule has 0 bridgehead atoms. The summed E-state index contributed by atoms with van der Waals surface area (Å²) in [6.07, 6.45) is 1.08. The van der Waals surface area contributed by atoms with Gasteiger partial charge in [0.15, 0.2) is 12.3 Å². The van der Waals surface area contributed by atoms with Gasteiger partial charge in [0.05, 0.1) is 6.54 Å². The number of aliphatic imine (C=N–C) groups is 2. The van der Waals surface area contributed by atoms with E-state index in [1.54, 1.807) is 6.21 Å². The van der Waals surface area contributed by atoms with Gasteiger partial charge in [0, 0.05) is 6.21 Å². The third-order valence-electron chi connectivity index (χ3n) is 1.71. The molecule has 6 heteroatoms. The second-order valence-electron chi connectivity index (χ2n) is 2.59. The van der Waals surface area contributed by atoms with Crippen molar-refractivity contribution in [1.82, 2.24) is 10.6 Å². The van der Waals surface area contributed by atoms with Crippen molar-refractivity contribution in [3.05, 3.63) is 0 Å². The second-order valence-corrected chi connectivity index (χ2v) is 2.59. The van der Waals surface area contributed by atoms with Crippen LogP contribution in [0.3, 0.4) is 0 Å². The van der Waals surface area contributed by atoms with Crippen molar-refractivity contribution in [2.24, 2.45) is 15.7 Å². The van der Waals surface area contributed by atoms with Crippen molar-refractivity contribution in [3.63, 3.8) is 0 Å². The van der Waals surface area contributed by atoms with Gasteiger partial charge in [-0.3, -0.25) is 20.5 Å². The quantitative estimate of drug-likeness (QED) is 0.382. The number of nitrogens with one attached hydrogen (secondary N) is 2. The summed E-state index contributed by atoms with van der Waals surface area (Å²) in [6, 6.07) is -0.515. The molecule has 0 spiro atoms. The molecular weight excluding hydrogens is 158 g/mol. The summed E-state index contributed by atoms with van der Waals surface area (Å²) in [6.45, 7) is 0.513. The molecule has 2 unspecified atom stereocenters. The van der Waals surface area contributed by atoms with E-state index in [4.69, 9.17) is 5.73 Å². The van der Waals surface area contributed by atoms with Crippen LogP contribution in [0.2, 0.25) is 0 Å². The molecule has 0 radical (unpaired) electrons. The standard InChI is InChI=1S/C6H9N5O/c7-6-10-4-3(5(12)11-6)8-1-2-9-4/h1,3,6H,2,7H2,(H,9,10)(H,11,12). The highest BCUT2D eigenvalue weighted by Gasteiger charge is 2.31. The Balaban J connectivity index is 2.23. The highest BCUT2D eigenvalue weighted by molar-refractivity contribution is 6.11. The van der Waals surface area contributed by atoms with Crippen LogP contribution in [-0.2, 0) is 4.79 Å². The summed E-state index contributed by atoms with van der Waals surface area (Å²) < 4.78 is 0. The van der Waals surface area contributed by atoms with Crippen LogP contribution in [0.4, 0.5) is 0 Å². The van der Waals surface area contributed by atoms with E-state index < -0.39 is 12.3 Å². The molecule has 0 aromatic carbocycles. The Labute approximate surface area is 68.9 Å². The lowest BCUT2D eigenvalue weighted by atomic mass is 10.2. The Morgan fingerprint density at radius 2 is 2.42 bits per heavy atom. The summed E-state index contributed by atoms with van der Waals surface area (Å²) >= 11 is 0. The molecule has 2 rings (SSSR count). The van der Waals surface area contributed by atoms with Gasteiger partial charge in [0.1, 0.15) is 5.84 Å². The number of fused-ring (bicyclic) bond motifs is 1. The van der Waals surface area contributed by atoms with Crippen LogP contribution in [0, 0.1) is 0 Å². The molecule has 0 aromatic heterocycles. The number of amidine groups is 1. The van der Waals surface area contributed by atoms with Crippen LogP contribution in [0.1, 0.15) is 0 Å². The molecule has 64 valence electrons. The van der Waals surface area contributed by atoms with E-state index in [1.807, 2.05) is 0 Å². The number of hydrogen-bond acceptors (Lipinski definition) is 5. The minimum absolute atomic E-state index is 0.198. The maximum atomic E-state index is 11.2. The van der Waals surface area contributed by atoms with Crippen LogP contribution in [0.5, 0.6) is 0 Å². The first-order valence-electron chi connectivity index (χ1n) is 3.66. The first-order chi connectivity index (χ1) is 5.77. The molecule has 0 aromatic rings. The fourth-order valence-corrected chi connectivity index (χ4v) is 1.19. The van der Waals surface area contributed by atoms with Gasteiger partial charge in [-0.05, 0) is 0 Å². The molecule has 2 heterocycles. The largest absolute Gasteiger partial charge is 0.339 e. The smallest absolute Gasteiger partial charge is 0.255 e. The normalized spacial score (nSPS) is 33.1. The van der Waals surface area contributed by atoms with E-state index in [1.165, 1.54) is 0 Å². The predicted molar refractivity (Wildman–Crippen MR) is 43.8 cm³/mol. The molecule has 6 nitrogen and oxygen atoms in total. The Bertz CT molecular complexity index is 271. The lowest BCUT2D eigenvalue weighted by Crippen LogP contribution is -2.65. The van der Waals surface area contributed by atoms with Gasteiger partial charge in [0.2, 0.25) is 0 Å². The summed E-state index contributed by atoms with van der Waals surface area (Å²) in [7, 11) is 0. The number of carbonyl (C=O) groups excluding carboxylic acids is 1. The van der Waals surface area contributed by atoms with Crippen molar-refractivity contribution < 1.29 is 4.79 Å². The van der Waals surface area contributed by atoms with Gasteiger partial charge < -0.3 is 10.6 Å². The third-order valence-corrected chi connectivity index (χ3v) is 1.71. The van der Waals surface area contributed by atoms with Gasteiger partial charge in [-0.2, -0.15) is 0 Å². The molecule has 4 N–H and O–H groups in total. The number of rotatable bonds is 0. The average Bonchev–Trinajstić information content (AvgIpc) is 2.04. The zero-order valence-electron chi connectivity index (χ0n) is 6.32. The minimum Gasteiger partial charge on any atom is -0.339 e. The van der Waals surface area contributed by atoms with E-state index in [0.29, 0.717) is 12.4 Å². The zero-order valence-corrected chi connectivity index (χ0v) is 6.32. The molecule has 1 amide bonds. The van der Waals surface area contributed by atoms with Gasteiger partial charge in [-0.25, -0.2) is 0 Å². The molecule has 0 aliphatic carbocycles. The van der Waals surface area contributed by atoms with Crippen LogP contribution >= 0.6 is 0 Å². The number of carbonyl (C=O) groups is 1. The van der Waals surface area contributed by atoms with Crippen LogP contribution in [0.15, 0.2) is 9.98 Å². The maximum Gasteiger partial charge on any atom is 0.255 e. The maximum absolute atomic E-state index is 11.2. The predicted octanol–water partition coefficient (Wildman–Crippen LogP) is -2.20. The Hall–Kier alpha value is -1.43.